The van der Waals surface area contributed by atoms with Crippen LogP contribution in [-0.4, -0.2) is 37.4 Å². The van der Waals surface area contributed by atoms with Gasteiger partial charge in [-0.25, -0.2) is 4.39 Å². The number of ether oxygens (including phenoxy) is 2. The Hall–Kier alpha value is -2.74. The molecule has 27 heavy (non-hydrogen) atoms. The lowest BCUT2D eigenvalue weighted by molar-refractivity contribution is -0.144. The number of amides is 1. The number of carbonyl (C=O) groups excluding carboxylic acids is 3. The molecule has 0 saturated carbocycles. The van der Waals surface area contributed by atoms with E-state index in [1.807, 2.05) is 0 Å². The van der Waals surface area contributed by atoms with Crippen LogP contribution in [0, 0.1) is 5.82 Å². The summed E-state index contributed by atoms with van der Waals surface area (Å²) in [7, 11) is 0. The molecule has 0 aliphatic rings. The number of thiophene rings is 1. The lowest BCUT2D eigenvalue weighted by atomic mass is 10.2. The van der Waals surface area contributed by atoms with Crippen molar-refractivity contribution in [1.29, 1.82) is 0 Å². The van der Waals surface area contributed by atoms with Crippen molar-refractivity contribution in [2.75, 3.05) is 19.8 Å². The second-order valence-electron chi connectivity index (χ2n) is 5.50. The number of halogens is 1. The Morgan fingerprint density at radius 1 is 1.00 bits per heavy atom. The van der Waals surface area contributed by atoms with Gasteiger partial charge >= 0.3 is 5.97 Å². The van der Waals surface area contributed by atoms with E-state index in [1.165, 1.54) is 23.5 Å². The normalized spacial score (nSPS) is 10.3. The molecule has 6 nitrogen and oxygen atoms in total. The molecular weight excluding hydrogens is 373 g/mol. The first kappa shape index (κ1) is 20.6. The number of ketones is 1. The predicted molar refractivity (Wildman–Crippen MR) is 98.4 cm³/mol. The number of para-hydroxylation sites is 1. The zero-order valence-electron chi connectivity index (χ0n) is 14.6. The summed E-state index contributed by atoms with van der Waals surface area (Å²) in [6, 6.07) is 9.45. The molecule has 1 N–H and O–H groups in total. The molecule has 1 amide bonds. The Kier molecular flexibility index (Phi) is 8.44. The minimum atomic E-state index is -0.498. The highest BCUT2D eigenvalue weighted by Crippen LogP contribution is 2.15. The summed E-state index contributed by atoms with van der Waals surface area (Å²) >= 11 is 1.34. The van der Waals surface area contributed by atoms with Crippen molar-refractivity contribution < 1.29 is 28.2 Å². The van der Waals surface area contributed by atoms with E-state index in [0.717, 1.165) is 0 Å². The Balaban J connectivity index is 1.52. The van der Waals surface area contributed by atoms with Crippen LogP contribution in [-0.2, 0) is 14.3 Å². The molecule has 144 valence electrons. The van der Waals surface area contributed by atoms with Gasteiger partial charge < -0.3 is 14.8 Å². The van der Waals surface area contributed by atoms with E-state index in [9.17, 15) is 18.8 Å². The highest BCUT2D eigenvalue weighted by Gasteiger charge is 2.11. The van der Waals surface area contributed by atoms with E-state index < -0.39 is 11.8 Å². The molecule has 0 bridgehead atoms. The molecule has 1 aromatic heterocycles. The van der Waals surface area contributed by atoms with E-state index in [2.05, 4.69) is 5.32 Å². The molecule has 8 heteroatoms. The van der Waals surface area contributed by atoms with Crippen LogP contribution in [0.2, 0.25) is 0 Å². The maximum Gasteiger partial charge on any atom is 0.307 e. The van der Waals surface area contributed by atoms with Crippen molar-refractivity contribution in [3.05, 3.63) is 52.5 Å². The van der Waals surface area contributed by atoms with Crippen molar-refractivity contribution >= 4 is 29.0 Å². The third-order valence-electron chi connectivity index (χ3n) is 3.47. The number of nitrogens with one attached hydrogen (secondary N) is 1. The molecule has 0 aliphatic carbocycles. The monoisotopic (exact) mass is 393 g/mol. The van der Waals surface area contributed by atoms with Crippen LogP contribution in [0.25, 0.3) is 0 Å². The van der Waals surface area contributed by atoms with Crippen LogP contribution in [0.15, 0.2) is 41.8 Å². The summed E-state index contributed by atoms with van der Waals surface area (Å²) in [5.74, 6) is -1.26. The zero-order valence-corrected chi connectivity index (χ0v) is 15.4. The number of hydrogen-bond acceptors (Lipinski definition) is 6. The fourth-order valence-corrected chi connectivity index (χ4v) is 2.82. The Bertz CT molecular complexity index is 763. The molecule has 1 aromatic carbocycles. The smallest absolute Gasteiger partial charge is 0.307 e. The van der Waals surface area contributed by atoms with Gasteiger partial charge in [0.1, 0.15) is 13.2 Å². The fourth-order valence-electron chi connectivity index (χ4n) is 2.12. The molecule has 0 saturated heterocycles. The van der Waals surface area contributed by atoms with Crippen LogP contribution in [0.4, 0.5) is 4.39 Å². The van der Waals surface area contributed by atoms with Crippen molar-refractivity contribution in [3.63, 3.8) is 0 Å². The van der Waals surface area contributed by atoms with Gasteiger partial charge in [0.15, 0.2) is 17.3 Å². The molecule has 1 heterocycles. The number of esters is 1. The Morgan fingerprint density at radius 2 is 1.81 bits per heavy atom. The first-order valence-corrected chi connectivity index (χ1v) is 9.30. The van der Waals surface area contributed by atoms with E-state index in [1.54, 1.807) is 29.6 Å². The summed E-state index contributed by atoms with van der Waals surface area (Å²) in [6.45, 7) is 0.138. The molecular formula is C19H20FNO5S. The molecule has 0 aliphatic heterocycles. The number of carbonyl (C=O) groups is 3. The molecule has 2 aromatic rings. The third-order valence-corrected chi connectivity index (χ3v) is 4.38. The van der Waals surface area contributed by atoms with Crippen molar-refractivity contribution in [2.24, 2.45) is 0 Å². The minimum Gasteiger partial charge on any atom is -0.487 e. The Labute approximate surface area is 160 Å². The van der Waals surface area contributed by atoms with E-state index >= 15 is 0 Å². The van der Waals surface area contributed by atoms with Gasteiger partial charge in [0, 0.05) is 19.4 Å². The summed E-state index contributed by atoms with van der Waals surface area (Å²) < 4.78 is 23.4. The summed E-state index contributed by atoms with van der Waals surface area (Å²) in [5, 5.41) is 4.37. The highest BCUT2D eigenvalue weighted by molar-refractivity contribution is 7.12. The standard InChI is InChI=1S/C19H20FNO5S/c20-14-4-1-2-5-16(14)25-11-12-26-19(24)9-10-21-18(23)8-7-15(22)17-6-3-13-27-17/h1-6,13H,7-12H2,(H,21,23). The van der Waals surface area contributed by atoms with Crippen molar-refractivity contribution in [2.45, 2.75) is 19.3 Å². The average molecular weight is 393 g/mol. The van der Waals surface area contributed by atoms with Gasteiger partial charge in [0.25, 0.3) is 0 Å². The summed E-state index contributed by atoms with van der Waals surface area (Å²) in [6.07, 6.45) is 0.205. The minimum absolute atomic E-state index is 0.00427. The van der Waals surface area contributed by atoms with Crippen LogP contribution >= 0.6 is 11.3 Å². The first-order chi connectivity index (χ1) is 13.1. The number of benzene rings is 1. The topological polar surface area (TPSA) is 81.7 Å². The van der Waals surface area contributed by atoms with Crippen LogP contribution in [0.1, 0.15) is 28.9 Å². The molecule has 0 atom stereocenters. The predicted octanol–water partition coefficient (Wildman–Crippen LogP) is 2.98. The molecule has 0 radical (unpaired) electrons. The second-order valence-corrected chi connectivity index (χ2v) is 6.45. The first-order valence-electron chi connectivity index (χ1n) is 8.42. The third kappa shape index (κ3) is 7.57. The van der Waals surface area contributed by atoms with Crippen molar-refractivity contribution in [1.82, 2.24) is 5.32 Å². The molecule has 0 unspecified atom stereocenters. The number of Topliss-reactive ketones (excluding diaryl/α,β-unsaturated/α-hetero) is 1. The lowest BCUT2D eigenvalue weighted by Gasteiger charge is -2.08. The highest BCUT2D eigenvalue weighted by atomic mass is 32.1. The van der Waals surface area contributed by atoms with Crippen LogP contribution in [0.3, 0.4) is 0 Å². The van der Waals surface area contributed by atoms with Gasteiger partial charge in [-0.05, 0) is 23.6 Å². The lowest BCUT2D eigenvalue weighted by Crippen LogP contribution is -2.27. The maximum absolute atomic E-state index is 13.3. The summed E-state index contributed by atoms with van der Waals surface area (Å²) in [5.41, 5.74) is 0. The van der Waals surface area contributed by atoms with E-state index in [-0.39, 0.29) is 56.5 Å². The fraction of sp³-hybridized carbons (Fsp3) is 0.316. The average Bonchev–Trinajstić information content (AvgIpc) is 3.19. The van der Waals surface area contributed by atoms with Gasteiger partial charge in [-0.1, -0.05) is 18.2 Å². The summed E-state index contributed by atoms with van der Waals surface area (Å²) in [4.78, 5) is 35.7. The largest absolute Gasteiger partial charge is 0.487 e. The molecule has 0 fully saturated rings. The van der Waals surface area contributed by atoms with Gasteiger partial charge in [-0.2, -0.15) is 0 Å². The quantitative estimate of drug-likeness (QED) is 0.361. The molecule has 0 spiro atoms. The Morgan fingerprint density at radius 3 is 2.56 bits per heavy atom. The van der Waals surface area contributed by atoms with E-state index in [0.29, 0.717) is 4.88 Å². The van der Waals surface area contributed by atoms with E-state index in [4.69, 9.17) is 9.47 Å². The van der Waals surface area contributed by atoms with Crippen LogP contribution in [0.5, 0.6) is 5.75 Å². The van der Waals surface area contributed by atoms with Crippen molar-refractivity contribution in [3.8, 4) is 5.75 Å². The van der Waals surface area contributed by atoms with Gasteiger partial charge in [0.2, 0.25) is 5.91 Å². The zero-order chi connectivity index (χ0) is 19.5. The SMILES string of the molecule is O=C(CCC(=O)c1cccs1)NCCC(=O)OCCOc1ccccc1F. The van der Waals surface area contributed by atoms with Gasteiger partial charge in [-0.15, -0.1) is 11.3 Å². The maximum atomic E-state index is 13.3. The van der Waals surface area contributed by atoms with Gasteiger partial charge in [-0.3, -0.25) is 14.4 Å². The molecule has 2 rings (SSSR count). The number of rotatable bonds is 11. The van der Waals surface area contributed by atoms with Crippen LogP contribution < -0.4 is 10.1 Å². The van der Waals surface area contributed by atoms with Gasteiger partial charge in [0.05, 0.1) is 11.3 Å². The second kappa shape index (κ2) is 11.1. The number of hydrogen-bond donors (Lipinski definition) is 1.